The molecule has 0 aliphatic heterocycles. The zero-order chi connectivity index (χ0) is 13.4. The third-order valence-electron chi connectivity index (χ3n) is 2.59. The van der Waals surface area contributed by atoms with E-state index >= 15 is 0 Å². The van der Waals surface area contributed by atoms with Crippen LogP contribution >= 0.6 is 7.37 Å². The van der Waals surface area contributed by atoms with Crippen LogP contribution in [-0.2, 0) is 9.36 Å². The van der Waals surface area contributed by atoms with Crippen molar-refractivity contribution in [3.8, 4) is 0 Å². The Balaban J connectivity index is 3.42. The minimum absolute atomic E-state index is 0.177. The van der Waals surface area contributed by atoms with E-state index in [1.165, 1.54) is 0 Å². The number of hydrogen-bond acceptors (Lipinski definition) is 3. The lowest BCUT2D eigenvalue weighted by Gasteiger charge is -2.12. The van der Waals surface area contributed by atoms with Crippen LogP contribution in [0.2, 0.25) is 0 Å². The normalized spacial score (nSPS) is 14.2. The van der Waals surface area contributed by atoms with Gasteiger partial charge in [0.1, 0.15) is 0 Å². The van der Waals surface area contributed by atoms with Crippen molar-refractivity contribution in [2.45, 2.75) is 27.7 Å². The van der Waals surface area contributed by atoms with Crippen LogP contribution in [0, 0.1) is 20.8 Å². The number of rotatable bonds is 3. The monoisotopic (exact) mass is 254 g/mol. The summed E-state index contributed by atoms with van der Waals surface area (Å²) in [6, 6.07) is 3.50. The van der Waals surface area contributed by atoms with Gasteiger partial charge >= 0.3 is 7.37 Å². The molecular weight excluding hydrogens is 239 g/mol. The third-order valence-corrected chi connectivity index (χ3v) is 4.22. The van der Waals surface area contributed by atoms with Gasteiger partial charge in [-0.25, -0.2) is 0 Å². The molecule has 0 aliphatic rings. The molecule has 4 nitrogen and oxygen atoms in total. The maximum atomic E-state index is 11.9. The summed E-state index contributed by atoms with van der Waals surface area (Å²) < 4.78 is 11.7. The van der Waals surface area contributed by atoms with Crippen LogP contribution in [0.5, 0.6) is 0 Å². The van der Waals surface area contributed by atoms with Gasteiger partial charge in [0.05, 0.1) is 0 Å². The summed E-state index contributed by atoms with van der Waals surface area (Å²) in [5.41, 5.74) is 0.414. The average molecular weight is 254 g/mol. The highest BCUT2D eigenvalue weighted by Gasteiger charge is 2.36. The van der Waals surface area contributed by atoms with Gasteiger partial charge in [-0.3, -0.25) is 14.2 Å². The highest BCUT2D eigenvalue weighted by Crippen LogP contribution is 2.46. The van der Waals surface area contributed by atoms with Crippen LogP contribution in [0.1, 0.15) is 34.0 Å². The summed E-state index contributed by atoms with van der Waals surface area (Å²) >= 11 is 0. The minimum atomic E-state index is -4.42. The molecule has 0 spiro atoms. The molecule has 1 aromatic carbocycles. The van der Waals surface area contributed by atoms with Crippen LogP contribution in [0.15, 0.2) is 12.1 Å². The van der Waals surface area contributed by atoms with Gasteiger partial charge in [0.25, 0.3) is 5.52 Å². The van der Waals surface area contributed by atoms with E-state index in [1.807, 2.05) is 6.92 Å². The van der Waals surface area contributed by atoms with Gasteiger partial charge < -0.3 is 4.89 Å². The van der Waals surface area contributed by atoms with Crippen molar-refractivity contribution in [3.63, 3.8) is 0 Å². The van der Waals surface area contributed by atoms with Gasteiger partial charge in [0, 0.05) is 12.5 Å². The van der Waals surface area contributed by atoms with Gasteiger partial charge in [-0.05, 0) is 31.9 Å². The Morgan fingerprint density at radius 3 is 1.88 bits per heavy atom. The van der Waals surface area contributed by atoms with Gasteiger partial charge in [0.2, 0.25) is 5.52 Å². The maximum Gasteiger partial charge on any atom is 0.332 e. The van der Waals surface area contributed by atoms with Gasteiger partial charge in [-0.15, -0.1) is 0 Å². The maximum absolute atomic E-state index is 11.9. The van der Waals surface area contributed by atoms with Gasteiger partial charge in [-0.2, -0.15) is 0 Å². The van der Waals surface area contributed by atoms with Crippen LogP contribution in [0.4, 0.5) is 0 Å². The Labute approximate surface area is 100 Å². The van der Waals surface area contributed by atoms with E-state index in [-0.39, 0.29) is 5.56 Å². The number of benzene rings is 1. The quantitative estimate of drug-likeness (QED) is 0.841. The van der Waals surface area contributed by atoms with Crippen molar-refractivity contribution < 1.29 is 19.0 Å². The number of aryl methyl sites for hydroxylation is 3. The lowest BCUT2D eigenvalue weighted by molar-refractivity contribution is -0.110. The Hall–Kier alpha value is -1.25. The zero-order valence-corrected chi connectivity index (χ0v) is 11.2. The molecule has 0 bridgehead atoms. The van der Waals surface area contributed by atoms with E-state index in [9.17, 15) is 19.0 Å². The summed E-state index contributed by atoms with van der Waals surface area (Å²) in [7, 11) is -4.42. The fourth-order valence-corrected chi connectivity index (χ4v) is 2.75. The zero-order valence-electron chi connectivity index (χ0n) is 10.3. The number of hydrogen-bond donors (Lipinski definition) is 1. The Kier molecular flexibility index (Phi) is 3.70. The van der Waals surface area contributed by atoms with E-state index in [4.69, 9.17) is 0 Å². The topological polar surface area (TPSA) is 71.4 Å². The summed E-state index contributed by atoms with van der Waals surface area (Å²) in [5.74, 6) is 0. The second kappa shape index (κ2) is 4.55. The standard InChI is InChI=1S/C12H15O4P/c1-7-5-8(2)11(9(3)6-7)12(14)17(15,16)10(4)13/h5-6H,1-4H3,(H,15,16). The summed E-state index contributed by atoms with van der Waals surface area (Å²) in [6.45, 7) is 6.20. The highest BCUT2D eigenvalue weighted by atomic mass is 31.2. The fourth-order valence-electron chi connectivity index (χ4n) is 1.81. The molecule has 1 N–H and O–H groups in total. The molecule has 1 rings (SSSR count). The average Bonchev–Trinajstić information content (AvgIpc) is 2.15. The minimum Gasteiger partial charge on any atom is -0.334 e. The predicted molar refractivity (Wildman–Crippen MR) is 65.5 cm³/mol. The summed E-state index contributed by atoms with van der Waals surface area (Å²) in [4.78, 5) is 32.5. The molecule has 1 atom stereocenters. The van der Waals surface area contributed by atoms with E-state index < -0.39 is 18.4 Å². The summed E-state index contributed by atoms with van der Waals surface area (Å²) in [6.07, 6.45) is 0. The SMILES string of the molecule is CC(=O)P(=O)(O)C(=O)c1c(C)cc(C)cc1C. The first kappa shape index (κ1) is 13.8. The first-order valence-corrected chi connectivity index (χ1v) is 6.80. The molecule has 0 heterocycles. The molecule has 92 valence electrons. The van der Waals surface area contributed by atoms with Crippen molar-refractivity contribution in [3.05, 3.63) is 34.4 Å². The van der Waals surface area contributed by atoms with Crippen LogP contribution in [0.25, 0.3) is 0 Å². The third kappa shape index (κ3) is 2.54. The smallest absolute Gasteiger partial charge is 0.332 e. The lowest BCUT2D eigenvalue weighted by Crippen LogP contribution is -2.10. The van der Waals surface area contributed by atoms with E-state index in [0.717, 1.165) is 12.5 Å². The fraction of sp³-hybridized carbons (Fsp3) is 0.333. The molecule has 0 aromatic heterocycles. The molecule has 1 aromatic rings. The van der Waals surface area contributed by atoms with Crippen molar-refractivity contribution in [1.29, 1.82) is 0 Å². The molecule has 1 unspecified atom stereocenters. The number of carbonyl (C=O) groups is 2. The van der Waals surface area contributed by atoms with Gasteiger partial charge in [0.15, 0.2) is 0 Å². The largest absolute Gasteiger partial charge is 0.334 e. The van der Waals surface area contributed by atoms with Crippen LogP contribution in [0.3, 0.4) is 0 Å². The molecule has 0 aliphatic carbocycles. The van der Waals surface area contributed by atoms with E-state index in [1.54, 1.807) is 26.0 Å². The first-order valence-electron chi connectivity index (χ1n) is 5.14. The van der Waals surface area contributed by atoms with Crippen molar-refractivity contribution in [2.24, 2.45) is 0 Å². The van der Waals surface area contributed by atoms with Crippen molar-refractivity contribution in [1.82, 2.24) is 0 Å². The van der Waals surface area contributed by atoms with Gasteiger partial charge in [-0.1, -0.05) is 17.7 Å². The molecule has 0 saturated carbocycles. The molecule has 5 heteroatoms. The molecule has 0 fully saturated rings. The molecule has 0 radical (unpaired) electrons. The lowest BCUT2D eigenvalue weighted by atomic mass is 10.0. The summed E-state index contributed by atoms with van der Waals surface area (Å²) in [5, 5.41) is 0. The highest BCUT2D eigenvalue weighted by molar-refractivity contribution is 7.90. The Morgan fingerprint density at radius 2 is 1.53 bits per heavy atom. The molecule has 0 amide bonds. The molecule has 17 heavy (non-hydrogen) atoms. The number of carbonyl (C=O) groups excluding carboxylic acids is 2. The Bertz CT molecular complexity index is 522. The van der Waals surface area contributed by atoms with Crippen molar-refractivity contribution in [2.75, 3.05) is 0 Å². The van der Waals surface area contributed by atoms with Crippen LogP contribution < -0.4 is 0 Å². The molecular formula is C12H15O4P. The van der Waals surface area contributed by atoms with E-state index in [2.05, 4.69) is 0 Å². The second-order valence-corrected chi connectivity index (χ2v) is 6.36. The molecule has 0 saturated heterocycles. The first-order chi connectivity index (χ1) is 7.67. The van der Waals surface area contributed by atoms with Crippen molar-refractivity contribution >= 4 is 18.4 Å². The predicted octanol–water partition coefficient (Wildman–Crippen LogP) is 2.57. The Morgan fingerprint density at radius 1 is 1.12 bits per heavy atom. The van der Waals surface area contributed by atoms with E-state index in [0.29, 0.717) is 11.1 Å². The second-order valence-electron chi connectivity index (χ2n) is 4.17. The van der Waals surface area contributed by atoms with Crippen LogP contribution in [-0.4, -0.2) is 15.9 Å².